The first-order valence-corrected chi connectivity index (χ1v) is 21.3. The van der Waals surface area contributed by atoms with Crippen molar-refractivity contribution in [3.8, 4) is 67.0 Å². The zero-order valence-corrected chi connectivity index (χ0v) is 34.0. The minimum absolute atomic E-state index is 1.14. The van der Waals surface area contributed by atoms with Crippen LogP contribution in [0.25, 0.3) is 111 Å². The quantitative estimate of drug-likeness (QED) is 0.152. The van der Waals surface area contributed by atoms with E-state index >= 15 is 0 Å². The fourth-order valence-corrected chi connectivity index (χ4v) is 9.80. The number of para-hydroxylation sites is 2. The highest BCUT2D eigenvalue weighted by Crippen LogP contribution is 2.45. The molecule has 2 aromatic heterocycles. The first kappa shape index (κ1) is 35.7. The van der Waals surface area contributed by atoms with Crippen molar-refractivity contribution in [2.24, 2.45) is 0 Å². The standard InChI is InChI=1S/C60H40N2/c1-4-19-41(20-5-1)45-37-46(42-21-6-2-7-22-42)40-48(39-45)62-56-34-15-13-30-54(56)60-52(32-18-36-58(60)62)51-31-17-35-57-59(51)53-29-12-14-33-55(53)61(57)47-26-16-25-44(38-47)50-28-11-10-27-49(50)43-23-8-3-9-24-43/h1-40H. The van der Waals surface area contributed by atoms with E-state index < -0.39 is 0 Å². The van der Waals surface area contributed by atoms with Gasteiger partial charge in [0.25, 0.3) is 0 Å². The molecule has 12 rings (SSSR count). The van der Waals surface area contributed by atoms with Crippen LogP contribution in [0.3, 0.4) is 0 Å². The van der Waals surface area contributed by atoms with E-state index in [2.05, 4.69) is 252 Å². The van der Waals surface area contributed by atoms with Gasteiger partial charge in [-0.3, -0.25) is 0 Å². The zero-order chi connectivity index (χ0) is 41.0. The minimum atomic E-state index is 1.14. The van der Waals surface area contributed by atoms with Gasteiger partial charge in [-0.2, -0.15) is 0 Å². The summed E-state index contributed by atoms with van der Waals surface area (Å²) in [5.74, 6) is 0. The summed E-state index contributed by atoms with van der Waals surface area (Å²) in [4.78, 5) is 0. The predicted molar refractivity (Wildman–Crippen MR) is 262 cm³/mol. The lowest BCUT2D eigenvalue weighted by Gasteiger charge is -2.14. The van der Waals surface area contributed by atoms with Crippen molar-refractivity contribution < 1.29 is 0 Å². The van der Waals surface area contributed by atoms with Gasteiger partial charge < -0.3 is 9.13 Å². The molecule has 10 aromatic carbocycles. The second kappa shape index (κ2) is 14.8. The zero-order valence-electron chi connectivity index (χ0n) is 34.0. The van der Waals surface area contributed by atoms with Crippen molar-refractivity contribution in [3.05, 3.63) is 243 Å². The fourth-order valence-electron chi connectivity index (χ4n) is 9.80. The Hall–Kier alpha value is -8.20. The Morgan fingerprint density at radius 1 is 0.210 bits per heavy atom. The minimum Gasteiger partial charge on any atom is -0.309 e. The average Bonchev–Trinajstić information content (AvgIpc) is 3.88. The molecular weight excluding hydrogens is 749 g/mol. The summed E-state index contributed by atoms with van der Waals surface area (Å²) < 4.78 is 4.92. The molecule has 2 heteroatoms. The summed E-state index contributed by atoms with van der Waals surface area (Å²) in [5, 5.41) is 4.96. The van der Waals surface area contributed by atoms with Gasteiger partial charge in [0, 0.05) is 32.9 Å². The SMILES string of the molecule is c1ccc(-c2cc(-c3ccccc3)cc(-n3c4ccccc4c4c(-c5cccc6c5c5ccccc5n6-c5cccc(-c6ccccc6-c6ccccc6)c5)cccc43)c2)cc1. The lowest BCUT2D eigenvalue weighted by molar-refractivity contribution is 1.18. The van der Waals surface area contributed by atoms with E-state index in [0.29, 0.717) is 0 Å². The maximum Gasteiger partial charge on any atom is 0.0547 e. The molecule has 0 radical (unpaired) electrons. The molecule has 0 saturated heterocycles. The largest absolute Gasteiger partial charge is 0.309 e. The van der Waals surface area contributed by atoms with Crippen molar-refractivity contribution in [2.45, 2.75) is 0 Å². The molecule has 0 atom stereocenters. The van der Waals surface area contributed by atoms with Crippen LogP contribution in [0.5, 0.6) is 0 Å². The number of hydrogen-bond donors (Lipinski definition) is 0. The highest BCUT2D eigenvalue weighted by atomic mass is 15.0. The summed E-state index contributed by atoms with van der Waals surface area (Å²) >= 11 is 0. The van der Waals surface area contributed by atoms with Crippen molar-refractivity contribution >= 4 is 43.6 Å². The summed E-state index contributed by atoms with van der Waals surface area (Å²) in [6.45, 7) is 0. The van der Waals surface area contributed by atoms with E-state index in [4.69, 9.17) is 0 Å². The predicted octanol–water partition coefficient (Wildman–Crippen LogP) is 16.2. The number of fused-ring (bicyclic) bond motifs is 6. The monoisotopic (exact) mass is 788 g/mol. The molecule has 0 bridgehead atoms. The van der Waals surface area contributed by atoms with Crippen molar-refractivity contribution in [2.75, 3.05) is 0 Å². The van der Waals surface area contributed by atoms with Gasteiger partial charge in [-0.25, -0.2) is 0 Å². The molecule has 0 saturated carbocycles. The summed E-state index contributed by atoms with van der Waals surface area (Å²) in [6.07, 6.45) is 0. The highest BCUT2D eigenvalue weighted by molar-refractivity contribution is 6.22. The molecule has 0 amide bonds. The molecule has 0 aliphatic heterocycles. The summed E-state index contributed by atoms with van der Waals surface area (Å²) in [6, 6.07) is 88.4. The molecule has 0 unspecified atom stereocenters. The van der Waals surface area contributed by atoms with Crippen LogP contribution in [0.15, 0.2) is 243 Å². The number of benzene rings is 10. The van der Waals surface area contributed by atoms with E-state index in [1.807, 2.05) is 0 Å². The number of hydrogen-bond acceptors (Lipinski definition) is 0. The Bertz CT molecular complexity index is 3550. The topological polar surface area (TPSA) is 9.86 Å². The Balaban J connectivity index is 1.08. The van der Waals surface area contributed by atoms with Crippen LogP contribution in [0.2, 0.25) is 0 Å². The van der Waals surface area contributed by atoms with E-state index in [1.54, 1.807) is 0 Å². The molecule has 0 aliphatic rings. The van der Waals surface area contributed by atoms with Gasteiger partial charge in [0.2, 0.25) is 0 Å². The van der Waals surface area contributed by atoms with Crippen LogP contribution in [0, 0.1) is 0 Å². The summed E-state index contributed by atoms with van der Waals surface area (Å²) in [5.41, 5.74) is 19.1. The third-order valence-corrected chi connectivity index (χ3v) is 12.5. The molecule has 0 fully saturated rings. The van der Waals surface area contributed by atoms with Gasteiger partial charge in [-0.05, 0) is 110 Å². The lowest BCUT2D eigenvalue weighted by Crippen LogP contribution is -1.96. The number of aromatic nitrogens is 2. The third-order valence-electron chi connectivity index (χ3n) is 12.5. The average molecular weight is 789 g/mol. The Morgan fingerprint density at radius 2 is 0.581 bits per heavy atom. The van der Waals surface area contributed by atoms with Crippen LogP contribution in [0.1, 0.15) is 0 Å². The number of nitrogens with zero attached hydrogens (tertiary/aromatic N) is 2. The maximum atomic E-state index is 2.47. The van der Waals surface area contributed by atoms with Gasteiger partial charge in [0.05, 0.1) is 22.1 Å². The van der Waals surface area contributed by atoms with E-state index in [9.17, 15) is 0 Å². The van der Waals surface area contributed by atoms with E-state index in [0.717, 1.165) is 11.4 Å². The normalized spacial score (nSPS) is 11.5. The van der Waals surface area contributed by atoms with Crippen LogP contribution in [-0.4, -0.2) is 9.13 Å². The van der Waals surface area contributed by atoms with Gasteiger partial charge >= 0.3 is 0 Å². The van der Waals surface area contributed by atoms with Gasteiger partial charge in [0.15, 0.2) is 0 Å². The van der Waals surface area contributed by atoms with Crippen LogP contribution >= 0.6 is 0 Å². The highest BCUT2D eigenvalue weighted by Gasteiger charge is 2.21. The van der Waals surface area contributed by atoms with Gasteiger partial charge in [0.1, 0.15) is 0 Å². The molecule has 12 aromatic rings. The van der Waals surface area contributed by atoms with Gasteiger partial charge in [-0.1, -0.05) is 188 Å². The lowest BCUT2D eigenvalue weighted by atomic mass is 9.94. The smallest absolute Gasteiger partial charge is 0.0547 e. The maximum absolute atomic E-state index is 2.47. The Kier molecular flexibility index (Phi) is 8.53. The number of rotatable bonds is 7. The Morgan fingerprint density at radius 3 is 1.13 bits per heavy atom. The fraction of sp³-hybridized carbons (Fsp3) is 0. The van der Waals surface area contributed by atoms with Crippen molar-refractivity contribution in [3.63, 3.8) is 0 Å². The van der Waals surface area contributed by atoms with Crippen molar-refractivity contribution in [1.82, 2.24) is 9.13 Å². The van der Waals surface area contributed by atoms with E-state index in [1.165, 1.54) is 99.2 Å². The summed E-state index contributed by atoms with van der Waals surface area (Å²) in [7, 11) is 0. The molecule has 290 valence electrons. The molecule has 0 N–H and O–H groups in total. The first-order chi connectivity index (χ1) is 30.8. The van der Waals surface area contributed by atoms with E-state index in [-0.39, 0.29) is 0 Å². The van der Waals surface area contributed by atoms with Crippen LogP contribution in [0.4, 0.5) is 0 Å². The molecule has 2 heterocycles. The third kappa shape index (κ3) is 5.88. The van der Waals surface area contributed by atoms with Crippen molar-refractivity contribution in [1.29, 1.82) is 0 Å². The molecule has 0 aliphatic carbocycles. The molecule has 62 heavy (non-hydrogen) atoms. The molecular formula is C60H40N2. The second-order valence-electron chi connectivity index (χ2n) is 16.1. The molecule has 2 nitrogen and oxygen atoms in total. The first-order valence-electron chi connectivity index (χ1n) is 21.3. The van der Waals surface area contributed by atoms with Crippen LogP contribution in [-0.2, 0) is 0 Å². The second-order valence-corrected chi connectivity index (χ2v) is 16.1. The molecule has 0 spiro atoms. The Labute approximate surface area is 360 Å². The van der Waals surface area contributed by atoms with Crippen LogP contribution < -0.4 is 0 Å². The van der Waals surface area contributed by atoms with Gasteiger partial charge in [-0.15, -0.1) is 0 Å².